The van der Waals surface area contributed by atoms with E-state index in [2.05, 4.69) is 47.4 Å². The van der Waals surface area contributed by atoms with Crippen LogP contribution in [0.25, 0.3) is 12.2 Å². The lowest BCUT2D eigenvalue weighted by molar-refractivity contribution is -0.192. The van der Waals surface area contributed by atoms with E-state index in [-0.39, 0.29) is 0 Å². The zero-order valence-corrected chi connectivity index (χ0v) is 21.6. The quantitative estimate of drug-likeness (QED) is 0.388. The summed E-state index contributed by atoms with van der Waals surface area (Å²) in [6, 6.07) is 10.7. The summed E-state index contributed by atoms with van der Waals surface area (Å²) in [7, 11) is 0. The van der Waals surface area contributed by atoms with Crippen molar-refractivity contribution in [2.75, 3.05) is 13.1 Å². The van der Waals surface area contributed by atoms with E-state index in [1.165, 1.54) is 46.6 Å². The fourth-order valence-corrected chi connectivity index (χ4v) is 5.78. The summed E-state index contributed by atoms with van der Waals surface area (Å²) in [6.45, 7) is 4.00. The predicted molar refractivity (Wildman–Crippen MR) is 141 cm³/mol. The van der Waals surface area contributed by atoms with Crippen LogP contribution in [0.1, 0.15) is 53.0 Å². The van der Waals surface area contributed by atoms with Gasteiger partial charge in [-0.05, 0) is 85.9 Å². The molecule has 0 spiro atoms. The number of carboxylic acid groups (broad SMARTS) is 1. The standard InChI is InChI=1S/C25H31ClN2S.C2HF3O2/c26-23-12-10-21(11-13-23)17-28(16-20-8-6-19(15-27)7-9-20)18-24-14-22-4-2-1-3-5-25(22)29-24;3-2(4,5)1(6)7/h2-5,10-14,19-20H,1,6-9,15-18,27H2;(H,6,7). The number of hydrogen-bond acceptors (Lipinski definition) is 4. The molecule has 0 atom stereocenters. The Kier molecular flexibility index (Phi) is 10.6. The summed E-state index contributed by atoms with van der Waals surface area (Å²) >= 11 is 8.04. The van der Waals surface area contributed by atoms with E-state index in [9.17, 15) is 13.2 Å². The van der Waals surface area contributed by atoms with E-state index in [0.717, 1.165) is 49.5 Å². The molecule has 1 saturated carbocycles. The highest BCUT2D eigenvalue weighted by Crippen LogP contribution is 2.32. The number of nitrogens with zero attached hydrogens (tertiary/aromatic N) is 1. The minimum absolute atomic E-state index is 0.738. The summed E-state index contributed by atoms with van der Waals surface area (Å²) in [4.78, 5) is 14.4. The van der Waals surface area contributed by atoms with Gasteiger partial charge in [-0.25, -0.2) is 4.79 Å². The number of alkyl halides is 3. The highest BCUT2D eigenvalue weighted by atomic mass is 35.5. The molecule has 1 aromatic carbocycles. The van der Waals surface area contributed by atoms with Gasteiger partial charge in [0.1, 0.15) is 0 Å². The number of fused-ring (bicyclic) bond motifs is 1. The molecule has 4 nitrogen and oxygen atoms in total. The summed E-state index contributed by atoms with van der Waals surface area (Å²) in [5.74, 6) is -1.24. The second kappa shape index (κ2) is 13.4. The summed E-state index contributed by atoms with van der Waals surface area (Å²) in [5, 5.41) is 7.93. The van der Waals surface area contributed by atoms with Crippen molar-refractivity contribution in [1.29, 1.82) is 0 Å². The SMILES string of the molecule is NCC1CCC(CN(Cc2ccc(Cl)cc2)Cc2cc3c(s2)C=CCC=C3)CC1.O=C(O)C(F)(F)F. The molecule has 1 fully saturated rings. The number of aliphatic carboxylic acids is 1. The maximum absolute atomic E-state index is 10.6. The normalized spacial score (nSPS) is 19.4. The van der Waals surface area contributed by atoms with E-state index in [1.807, 2.05) is 23.5 Å². The van der Waals surface area contributed by atoms with E-state index in [4.69, 9.17) is 27.2 Å². The Labute approximate surface area is 219 Å². The van der Waals surface area contributed by atoms with Crippen LogP contribution in [0.3, 0.4) is 0 Å². The number of nitrogens with two attached hydrogens (primary N) is 1. The van der Waals surface area contributed by atoms with E-state index in [1.54, 1.807) is 0 Å². The molecule has 9 heteroatoms. The number of hydrogen-bond donors (Lipinski definition) is 2. The third kappa shape index (κ3) is 9.07. The van der Waals surface area contributed by atoms with Crippen molar-refractivity contribution in [2.45, 2.75) is 51.4 Å². The first-order valence-corrected chi connectivity index (χ1v) is 13.3. The Morgan fingerprint density at radius 1 is 1.06 bits per heavy atom. The van der Waals surface area contributed by atoms with Crippen LogP contribution in [-0.4, -0.2) is 35.2 Å². The maximum atomic E-state index is 10.6. The molecule has 3 N–H and O–H groups in total. The van der Waals surface area contributed by atoms with Crippen molar-refractivity contribution < 1.29 is 23.1 Å². The highest BCUT2D eigenvalue weighted by Gasteiger charge is 2.38. The van der Waals surface area contributed by atoms with Crippen molar-refractivity contribution in [3.05, 3.63) is 68.4 Å². The molecule has 0 radical (unpaired) electrons. The molecule has 196 valence electrons. The lowest BCUT2D eigenvalue weighted by Crippen LogP contribution is -2.32. The van der Waals surface area contributed by atoms with Crippen molar-refractivity contribution in [3.63, 3.8) is 0 Å². The topological polar surface area (TPSA) is 66.6 Å². The smallest absolute Gasteiger partial charge is 0.475 e. The maximum Gasteiger partial charge on any atom is 0.490 e. The van der Waals surface area contributed by atoms with Crippen LogP contribution < -0.4 is 5.73 Å². The molecule has 0 saturated heterocycles. The van der Waals surface area contributed by atoms with Gasteiger partial charge in [-0.2, -0.15) is 13.2 Å². The second-order valence-corrected chi connectivity index (χ2v) is 10.9. The minimum atomic E-state index is -5.08. The lowest BCUT2D eigenvalue weighted by Gasteiger charge is -2.32. The Hall–Kier alpha value is -2.13. The Balaban J connectivity index is 0.000000454. The molecule has 36 heavy (non-hydrogen) atoms. The number of carbonyl (C=O) groups is 1. The number of thiophene rings is 1. The average molecular weight is 541 g/mol. The molecule has 0 aliphatic heterocycles. The van der Waals surface area contributed by atoms with Crippen molar-refractivity contribution in [1.82, 2.24) is 4.90 Å². The van der Waals surface area contributed by atoms with Crippen molar-refractivity contribution in [3.8, 4) is 0 Å². The molecule has 1 aromatic heterocycles. The first-order valence-electron chi connectivity index (χ1n) is 12.1. The molecular formula is C27H32ClF3N2O2S. The van der Waals surface area contributed by atoms with Crippen LogP contribution >= 0.6 is 22.9 Å². The van der Waals surface area contributed by atoms with Gasteiger partial charge < -0.3 is 10.8 Å². The van der Waals surface area contributed by atoms with Crippen LogP contribution in [0.5, 0.6) is 0 Å². The molecule has 0 amide bonds. The van der Waals surface area contributed by atoms with Gasteiger partial charge in [0.05, 0.1) is 0 Å². The fourth-order valence-electron chi connectivity index (χ4n) is 4.53. The summed E-state index contributed by atoms with van der Waals surface area (Å²) in [5.41, 5.74) is 8.60. The molecule has 2 aromatic rings. The van der Waals surface area contributed by atoms with Gasteiger partial charge in [0.2, 0.25) is 0 Å². The van der Waals surface area contributed by atoms with Crippen LogP contribution in [0.4, 0.5) is 13.2 Å². The van der Waals surface area contributed by atoms with Gasteiger partial charge in [0, 0.05) is 34.4 Å². The minimum Gasteiger partial charge on any atom is -0.475 e. The Bertz CT molecular complexity index is 1010. The zero-order chi connectivity index (χ0) is 26.1. The van der Waals surface area contributed by atoms with Crippen LogP contribution in [0.2, 0.25) is 5.02 Å². The molecule has 2 aliphatic carbocycles. The molecule has 4 rings (SSSR count). The zero-order valence-electron chi connectivity index (χ0n) is 20.0. The largest absolute Gasteiger partial charge is 0.490 e. The molecular weight excluding hydrogens is 509 g/mol. The van der Waals surface area contributed by atoms with E-state index < -0.39 is 12.1 Å². The second-order valence-electron chi connectivity index (χ2n) is 9.29. The third-order valence-electron chi connectivity index (χ3n) is 6.44. The van der Waals surface area contributed by atoms with Crippen LogP contribution in [0, 0.1) is 11.8 Å². The molecule has 0 bridgehead atoms. The van der Waals surface area contributed by atoms with Crippen molar-refractivity contribution >= 4 is 41.1 Å². The highest BCUT2D eigenvalue weighted by molar-refractivity contribution is 7.13. The summed E-state index contributed by atoms with van der Waals surface area (Å²) in [6.07, 6.45) is 10.2. The first kappa shape index (κ1) is 28.4. The number of allylic oxidation sites excluding steroid dienone is 2. The van der Waals surface area contributed by atoms with Crippen molar-refractivity contribution in [2.24, 2.45) is 17.6 Å². The monoisotopic (exact) mass is 540 g/mol. The number of carboxylic acids is 1. The van der Waals surface area contributed by atoms with Gasteiger partial charge in [0.25, 0.3) is 0 Å². The van der Waals surface area contributed by atoms with Gasteiger partial charge in [0.15, 0.2) is 0 Å². The predicted octanol–water partition coefficient (Wildman–Crippen LogP) is 7.23. The average Bonchev–Trinajstić information content (AvgIpc) is 3.08. The first-order chi connectivity index (χ1) is 17.1. The van der Waals surface area contributed by atoms with Gasteiger partial charge in [-0.3, -0.25) is 4.90 Å². The number of rotatable bonds is 7. The Morgan fingerprint density at radius 3 is 2.28 bits per heavy atom. The molecule has 0 unspecified atom stereocenters. The van der Waals surface area contributed by atoms with Gasteiger partial charge >= 0.3 is 12.1 Å². The Morgan fingerprint density at radius 2 is 1.67 bits per heavy atom. The van der Waals surface area contributed by atoms with Crippen LogP contribution in [0.15, 0.2) is 42.5 Å². The lowest BCUT2D eigenvalue weighted by atomic mass is 9.82. The summed E-state index contributed by atoms with van der Waals surface area (Å²) < 4.78 is 31.7. The molecule has 1 heterocycles. The van der Waals surface area contributed by atoms with E-state index >= 15 is 0 Å². The van der Waals surface area contributed by atoms with E-state index in [0.29, 0.717) is 0 Å². The van der Waals surface area contributed by atoms with Crippen LogP contribution in [-0.2, 0) is 17.9 Å². The number of benzene rings is 1. The fraction of sp³-hybridized carbons (Fsp3) is 0.444. The number of halogens is 4. The molecule has 2 aliphatic rings. The third-order valence-corrected chi connectivity index (χ3v) is 7.79. The van der Waals surface area contributed by atoms with Gasteiger partial charge in [-0.15, -0.1) is 11.3 Å². The van der Waals surface area contributed by atoms with Gasteiger partial charge in [-0.1, -0.05) is 42.0 Å².